The number of carbonyl (C=O) groups excluding carboxylic acids is 1. The van der Waals surface area contributed by atoms with E-state index in [0.717, 1.165) is 0 Å². The first-order chi connectivity index (χ1) is 3.79. The number of amides is 2. The third kappa shape index (κ3) is 0.780. The molecule has 0 spiro atoms. The van der Waals surface area contributed by atoms with Crippen molar-refractivity contribution in [1.82, 2.24) is 16.3 Å². The van der Waals surface area contributed by atoms with Crippen molar-refractivity contribution in [3.63, 3.8) is 0 Å². The lowest BCUT2D eigenvalue weighted by molar-refractivity contribution is 0.237. The number of nitrogens with one attached hydrogen (secondary N) is 3. The van der Waals surface area contributed by atoms with Gasteiger partial charge in [-0.15, -0.1) is 5.10 Å². The van der Waals surface area contributed by atoms with E-state index in [-0.39, 0.29) is 5.96 Å². The van der Waals surface area contributed by atoms with Gasteiger partial charge in [0.25, 0.3) is 0 Å². The van der Waals surface area contributed by atoms with Crippen molar-refractivity contribution >= 4 is 12.0 Å². The van der Waals surface area contributed by atoms with Crippen molar-refractivity contribution in [2.45, 2.75) is 0 Å². The monoisotopic (exact) mass is 115 g/mol. The van der Waals surface area contributed by atoms with Crippen LogP contribution in [-0.2, 0) is 0 Å². The zero-order valence-corrected chi connectivity index (χ0v) is 3.93. The zero-order chi connectivity index (χ0) is 5.98. The molecule has 8 heavy (non-hydrogen) atoms. The van der Waals surface area contributed by atoms with E-state index in [9.17, 15) is 4.79 Å². The number of nitrogens with two attached hydrogens (primary N) is 1. The summed E-state index contributed by atoms with van der Waals surface area (Å²) in [6.07, 6.45) is 0. The molecule has 5 N–H and O–H groups in total. The van der Waals surface area contributed by atoms with Gasteiger partial charge in [0.05, 0.1) is 0 Å². The summed E-state index contributed by atoms with van der Waals surface area (Å²) in [7, 11) is 0. The maximum Gasteiger partial charge on any atom is 0.353 e. The van der Waals surface area contributed by atoms with Crippen molar-refractivity contribution in [2.75, 3.05) is 0 Å². The molecular weight excluding hydrogens is 110 g/mol. The van der Waals surface area contributed by atoms with E-state index in [1.807, 2.05) is 0 Å². The minimum atomic E-state index is -0.417. The number of hydrogen-bond acceptors (Lipinski definition) is 4. The molecule has 0 saturated carbocycles. The third-order valence-electron chi connectivity index (χ3n) is 0.582. The molecule has 0 radical (unpaired) electrons. The van der Waals surface area contributed by atoms with Gasteiger partial charge in [-0.2, -0.15) is 0 Å². The standard InChI is InChI=1S/C2H5N5O/c3-1-4-6-2(8)7-5-1/h(H3,3,4,5)(H2,6,7,8). The highest BCUT2D eigenvalue weighted by molar-refractivity contribution is 5.86. The van der Waals surface area contributed by atoms with Gasteiger partial charge < -0.3 is 5.73 Å². The third-order valence-corrected chi connectivity index (χ3v) is 0.582. The van der Waals surface area contributed by atoms with E-state index < -0.39 is 6.03 Å². The fourth-order valence-electron chi connectivity index (χ4n) is 0.288. The fourth-order valence-corrected chi connectivity index (χ4v) is 0.288. The number of urea groups is 1. The molecule has 0 saturated heterocycles. The van der Waals surface area contributed by atoms with Crippen LogP contribution in [0.5, 0.6) is 0 Å². The summed E-state index contributed by atoms with van der Waals surface area (Å²) in [6, 6.07) is -0.417. The Balaban J connectivity index is 2.55. The van der Waals surface area contributed by atoms with Crippen LogP contribution in [0, 0.1) is 0 Å². The van der Waals surface area contributed by atoms with Gasteiger partial charge in [0, 0.05) is 0 Å². The number of guanidine groups is 1. The van der Waals surface area contributed by atoms with Gasteiger partial charge in [-0.1, -0.05) is 0 Å². The van der Waals surface area contributed by atoms with E-state index in [1.165, 1.54) is 0 Å². The topological polar surface area (TPSA) is 91.5 Å². The Morgan fingerprint density at radius 2 is 2.25 bits per heavy atom. The highest BCUT2D eigenvalue weighted by Gasteiger charge is 2.02. The first-order valence-corrected chi connectivity index (χ1v) is 1.94. The number of hydrazine groups is 1. The number of hydrazone groups is 1. The number of rotatable bonds is 0. The second-order valence-corrected chi connectivity index (χ2v) is 1.19. The van der Waals surface area contributed by atoms with Gasteiger partial charge in [-0.05, 0) is 0 Å². The zero-order valence-electron chi connectivity index (χ0n) is 3.93. The summed E-state index contributed by atoms with van der Waals surface area (Å²) >= 11 is 0. The molecule has 0 unspecified atom stereocenters. The predicted octanol–water partition coefficient (Wildman–Crippen LogP) is -1.97. The molecule has 1 aliphatic rings. The van der Waals surface area contributed by atoms with Crippen LogP contribution in [0.4, 0.5) is 4.79 Å². The maximum atomic E-state index is 10.2. The molecule has 0 bridgehead atoms. The van der Waals surface area contributed by atoms with Crippen LogP contribution in [0.25, 0.3) is 0 Å². The second kappa shape index (κ2) is 1.57. The summed E-state index contributed by atoms with van der Waals surface area (Å²) in [5.74, 6) is 0.143. The Kier molecular flexibility index (Phi) is 0.918. The molecule has 44 valence electrons. The van der Waals surface area contributed by atoms with Crippen LogP contribution in [0.2, 0.25) is 0 Å². The normalized spacial score (nSPS) is 17.5. The highest BCUT2D eigenvalue weighted by Crippen LogP contribution is 1.67. The molecule has 0 atom stereocenters. The SMILES string of the molecule is NC1=NNC(=O)NN1. The molecule has 1 rings (SSSR count). The quantitative estimate of drug-likeness (QED) is 0.295. The van der Waals surface area contributed by atoms with Crippen molar-refractivity contribution in [3.05, 3.63) is 0 Å². The average Bonchev–Trinajstić information content (AvgIpc) is 1.77. The van der Waals surface area contributed by atoms with Gasteiger partial charge in [0.1, 0.15) is 0 Å². The van der Waals surface area contributed by atoms with Gasteiger partial charge >= 0.3 is 6.03 Å². The van der Waals surface area contributed by atoms with Crippen LogP contribution < -0.4 is 22.0 Å². The van der Waals surface area contributed by atoms with Crippen LogP contribution >= 0.6 is 0 Å². The highest BCUT2D eigenvalue weighted by atomic mass is 16.2. The molecule has 6 heteroatoms. The molecule has 0 aromatic rings. The molecule has 0 aromatic heterocycles. The molecule has 0 fully saturated rings. The molecule has 6 nitrogen and oxygen atoms in total. The van der Waals surface area contributed by atoms with E-state index in [2.05, 4.69) is 21.4 Å². The van der Waals surface area contributed by atoms with Crippen molar-refractivity contribution in [2.24, 2.45) is 10.8 Å². The summed E-state index contributed by atoms with van der Waals surface area (Å²) < 4.78 is 0. The van der Waals surface area contributed by atoms with E-state index >= 15 is 0 Å². The summed E-state index contributed by atoms with van der Waals surface area (Å²) in [6.45, 7) is 0. The van der Waals surface area contributed by atoms with Crippen molar-refractivity contribution in [3.8, 4) is 0 Å². The van der Waals surface area contributed by atoms with Gasteiger partial charge in [0.15, 0.2) is 0 Å². The Hall–Kier alpha value is -1.46. The Morgan fingerprint density at radius 3 is 2.62 bits per heavy atom. The van der Waals surface area contributed by atoms with Gasteiger partial charge in [0.2, 0.25) is 5.96 Å². The largest absolute Gasteiger partial charge is 0.367 e. The predicted molar refractivity (Wildman–Crippen MR) is 26.4 cm³/mol. The Morgan fingerprint density at radius 1 is 1.50 bits per heavy atom. The van der Waals surface area contributed by atoms with E-state index in [1.54, 1.807) is 0 Å². The van der Waals surface area contributed by atoms with Crippen LogP contribution in [-0.4, -0.2) is 12.0 Å². The van der Waals surface area contributed by atoms with E-state index in [0.29, 0.717) is 0 Å². The van der Waals surface area contributed by atoms with E-state index in [4.69, 9.17) is 5.73 Å². The first kappa shape index (κ1) is 4.69. The minimum absolute atomic E-state index is 0.143. The number of carbonyl (C=O) groups is 1. The molecule has 2 amide bonds. The molecule has 1 heterocycles. The second-order valence-electron chi connectivity index (χ2n) is 1.19. The molecule has 0 aliphatic carbocycles. The van der Waals surface area contributed by atoms with Crippen molar-refractivity contribution < 1.29 is 4.79 Å². The Bertz CT molecular complexity index is 139. The summed E-state index contributed by atoms with van der Waals surface area (Å²) in [5.41, 5.74) is 11.6. The maximum absolute atomic E-state index is 10.2. The summed E-state index contributed by atoms with van der Waals surface area (Å²) in [5, 5.41) is 3.33. The molecule has 0 aromatic carbocycles. The Labute approximate surface area is 45.1 Å². The summed E-state index contributed by atoms with van der Waals surface area (Å²) in [4.78, 5) is 10.2. The van der Waals surface area contributed by atoms with Crippen LogP contribution in [0.1, 0.15) is 0 Å². The average molecular weight is 115 g/mol. The van der Waals surface area contributed by atoms with Gasteiger partial charge in [-0.25, -0.2) is 15.6 Å². The minimum Gasteiger partial charge on any atom is -0.367 e. The number of nitrogens with zero attached hydrogens (tertiary/aromatic N) is 1. The lowest BCUT2D eigenvalue weighted by atomic mass is 11.0. The smallest absolute Gasteiger partial charge is 0.353 e. The lowest BCUT2D eigenvalue weighted by Crippen LogP contribution is -2.54. The van der Waals surface area contributed by atoms with Crippen molar-refractivity contribution in [1.29, 1.82) is 0 Å². The van der Waals surface area contributed by atoms with Crippen LogP contribution in [0.15, 0.2) is 5.10 Å². The molecule has 1 aliphatic heterocycles. The number of hydrogen-bond donors (Lipinski definition) is 4. The van der Waals surface area contributed by atoms with Crippen LogP contribution in [0.3, 0.4) is 0 Å². The molecular formula is C2H5N5O. The lowest BCUT2D eigenvalue weighted by Gasteiger charge is -2.10. The van der Waals surface area contributed by atoms with Gasteiger partial charge in [-0.3, -0.25) is 5.43 Å². The fraction of sp³-hybridized carbons (Fsp3) is 0. The first-order valence-electron chi connectivity index (χ1n) is 1.94.